The summed E-state index contributed by atoms with van der Waals surface area (Å²) in [6.07, 6.45) is 1.04. The van der Waals surface area contributed by atoms with E-state index in [0.29, 0.717) is 6.04 Å². The molecule has 1 aromatic carbocycles. The van der Waals surface area contributed by atoms with Crippen LogP contribution in [0.2, 0.25) is 0 Å². The minimum atomic E-state index is 0.496. The lowest BCUT2D eigenvalue weighted by atomic mass is 10.2. The molecule has 1 atom stereocenters. The summed E-state index contributed by atoms with van der Waals surface area (Å²) >= 11 is 5.27. The van der Waals surface area contributed by atoms with E-state index in [9.17, 15) is 0 Å². The van der Waals surface area contributed by atoms with Gasteiger partial charge in [-0.1, -0.05) is 39.8 Å². The molecule has 2 rings (SSSR count). The van der Waals surface area contributed by atoms with Crippen LogP contribution in [0.1, 0.15) is 12.0 Å². The van der Waals surface area contributed by atoms with Crippen LogP contribution in [0, 0.1) is 0 Å². The summed E-state index contributed by atoms with van der Waals surface area (Å²) in [6, 6.07) is 8.76. The summed E-state index contributed by atoms with van der Waals surface area (Å²) < 4.78 is 6.19. The summed E-state index contributed by atoms with van der Waals surface area (Å²) in [5, 5.41) is 4.48. The highest BCUT2D eigenvalue weighted by Crippen LogP contribution is 2.17. The predicted octanol–water partition coefficient (Wildman–Crippen LogP) is 3.05. The summed E-state index contributed by atoms with van der Waals surface area (Å²) in [4.78, 5) is 4.60. The first-order chi connectivity index (χ1) is 8.78. The largest absolute Gasteiger partial charge is 0.385 e. The first kappa shape index (κ1) is 13.9. The number of methoxy groups -OCH3 is 1. The maximum atomic E-state index is 5.09. The number of thioether (sulfide) groups is 1. The average Bonchev–Trinajstić information content (AvgIpc) is 2.82. The van der Waals surface area contributed by atoms with E-state index in [1.165, 1.54) is 5.56 Å². The van der Waals surface area contributed by atoms with Crippen molar-refractivity contribution in [3.05, 3.63) is 34.3 Å². The molecule has 0 amide bonds. The zero-order chi connectivity index (χ0) is 12.8. The van der Waals surface area contributed by atoms with Crippen molar-refractivity contribution in [2.45, 2.75) is 19.0 Å². The Bertz CT molecular complexity index is 425. The zero-order valence-corrected chi connectivity index (χ0v) is 12.8. The first-order valence-electron chi connectivity index (χ1n) is 5.95. The Morgan fingerprint density at radius 3 is 3.22 bits per heavy atom. The number of nitrogens with one attached hydrogen (secondary N) is 1. The van der Waals surface area contributed by atoms with Crippen LogP contribution in [-0.4, -0.2) is 30.7 Å². The van der Waals surface area contributed by atoms with Crippen molar-refractivity contribution in [2.75, 3.05) is 19.5 Å². The summed E-state index contributed by atoms with van der Waals surface area (Å²) in [6.45, 7) is 1.53. The summed E-state index contributed by atoms with van der Waals surface area (Å²) in [5.41, 5.74) is 1.22. The minimum absolute atomic E-state index is 0.496. The number of aliphatic imine (C=N–C) groups is 1. The molecule has 1 N–H and O–H groups in total. The van der Waals surface area contributed by atoms with E-state index < -0.39 is 0 Å². The Morgan fingerprint density at radius 2 is 2.44 bits per heavy atom. The highest BCUT2D eigenvalue weighted by atomic mass is 79.9. The first-order valence-corrected chi connectivity index (χ1v) is 7.73. The van der Waals surface area contributed by atoms with Crippen molar-refractivity contribution in [3.63, 3.8) is 0 Å². The molecule has 98 valence electrons. The molecule has 1 saturated heterocycles. The van der Waals surface area contributed by atoms with E-state index in [1.807, 2.05) is 12.1 Å². The van der Waals surface area contributed by atoms with Crippen LogP contribution >= 0.6 is 27.7 Å². The van der Waals surface area contributed by atoms with Gasteiger partial charge in [0.2, 0.25) is 0 Å². The molecular formula is C13H17BrN2OS. The Balaban J connectivity index is 1.84. The molecule has 1 heterocycles. The van der Waals surface area contributed by atoms with Gasteiger partial charge in [0, 0.05) is 30.0 Å². The number of halogens is 1. The van der Waals surface area contributed by atoms with Gasteiger partial charge in [-0.15, -0.1) is 0 Å². The molecule has 1 aliphatic rings. The van der Waals surface area contributed by atoms with Gasteiger partial charge in [-0.05, 0) is 24.1 Å². The number of hydrogen-bond donors (Lipinski definition) is 1. The molecule has 0 spiro atoms. The number of amidine groups is 1. The van der Waals surface area contributed by atoms with Crippen molar-refractivity contribution in [1.29, 1.82) is 0 Å². The van der Waals surface area contributed by atoms with Crippen LogP contribution in [0.4, 0.5) is 0 Å². The van der Waals surface area contributed by atoms with E-state index in [0.717, 1.165) is 35.0 Å². The van der Waals surface area contributed by atoms with Gasteiger partial charge in [0.25, 0.3) is 0 Å². The highest BCUT2D eigenvalue weighted by Gasteiger charge is 2.19. The van der Waals surface area contributed by atoms with Crippen LogP contribution in [0.25, 0.3) is 0 Å². The van der Waals surface area contributed by atoms with Gasteiger partial charge >= 0.3 is 0 Å². The molecule has 0 saturated carbocycles. The van der Waals surface area contributed by atoms with Crippen LogP contribution in [0.3, 0.4) is 0 Å². The van der Waals surface area contributed by atoms with E-state index in [4.69, 9.17) is 4.74 Å². The van der Waals surface area contributed by atoms with Gasteiger partial charge in [-0.3, -0.25) is 4.99 Å². The SMILES string of the molecule is COCCC1CSC(=NCc2cccc(Br)c2)N1. The molecule has 3 nitrogen and oxygen atoms in total. The standard InChI is InChI=1S/C13H17BrN2OS/c1-17-6-5-12-9-18-13(16-12)15-8-10-3-2-4-11(14)7-10/h2-4,7,12H,5-6,8-9H2,1H3,(H,15,16). The fraction of sp³-hybridized carbons (Fsp3) is 0.462. The second-order valence-corrected chi connectivity index (χ2v) is 6.11. The molecule has 1 aromatic rings. The molecule has 18 heavy (non-hydrogen) atoms. The Kier molecular flexibility index (Phi) is 5.53. The number of nitrogens with zero attached hydrogens (tertiary/aromatic N) is 1. The van der Waals surface area contributed by atoms with Crippen LogP contribution in [-0.2, 0) is 11.3 Å². The monoisotopic (exact) mass is 328 g/mol. The van der Waals surface area contributed by atoms with Crippen LogP contribution in [0.15, 0.2) is 33.7 Å². The predicted molar refractivity (Wildman–Crippen MR) is 81.2 cm³/mol. The fourth-order valence-corrected chi connectivity index (χ4v) is 3.20. The zero-order valence-electron chi connectivity index (χ0n) is 10.4. The van der Waals surface area contributed by atoms with Gasteiger partial charge in [0.05, 0.1) is 6.54 Å². The number of ether oxygens (including phenoxy) is 1. The van der Waals surface area contributed by atoms with Crippen molar-refractivity contribution < 1.29 is 4.74 Å². The smallest absolute Gasteiger partial charge is 0.157 e. The lowest BCUT2D eigenvalue weighted by Crippen LogP contribution is -2.28. The molecule has 5 heteroatoms. The van der Waals surface area contributed by atoms with Crippen molar-refractivity contribution >= 4 is 32.9 Å². The van der Waals surface area contributed by atoms with Gasteiger partial charge in [-0.2, -0.15) is 0 Å². The topological polar surface area (TPSA) is 33.6 Å². The van der Waals surface area contributed by atoms with Crippen molar-refractivity contribution in [1.82, 2.24) is 5.32 Å². The minimum Gasteiger partial charge on any atom is -0.385 e. The van der Waals surface area contributed by atoms with Crippen LogP contribution < -0.4 is 5.32 Å². The van der Waals surface area contributed by atoms with Gasteiger partial charge in [0.1, 0.15) is 0 Å². The number of rotatable bonds is 5. The van der Waals surface area contributed by atoms with Crippen LogP contribution in [0.5, 0.6) is 0 Å². The third-order valence-corrected chi connectivity index (χ3v) is 4.30. The third-order valence-electron chi connectivity index (χ3n) is 2.71. The Hall–Kier alpha value is -0.520. The van der Waals surface area contributed by atoms with Gasteiger partial charge in [-0.25, -0.2) is 0 Å². The van der Waals surface area contributed by atoms with Gasteiger partial charge in [0.15, 0.2) is 5.17 Å². The molecule has 1 unspecified atom stereocenters. The normalized spacial score (nSPS) is 21.2. The molecule has 0 aromatic heterocycles. The summed E-state index contributed by atoms with van der Waals surface area (Å²) in [7, 11) is 1.74. The van der Waals surface area contributed by atoms with Gasteiger partial charge < -0.3 is 10.1 Å². The molecule has 1 fully saturated rings. The van der Waals surface area contributed by atoms with E-state index in [-0.39, 0.29) is 0 Å². The second kappa shape index (κ2) is 7.16. The Labute approximate surface area is 121 Å². The molecule has 1 aliphatic heterocycles. The molecule has 0 radical (unpaired) electrons. The van der Waals surface area contributed by atoms with E-state index >= 15 is 0 Å². The lowest BCUT2D eigenvalue weighted by Gasteiger charge is -2.08. The quantitative estimate of drug-likeness (QED) is 0.901. The maximum Gasteiger partial charge on any atom is 0.157 e. The second-order valence-electron chi connectivity index (χ2n) is 4.19. The molecule has 0 aliphatic carbocycles. The third kappa shape index (κ3) is 4.30. The molecular weight excluding hydrogens is 312 g/mol. The fourth-order valence-electron chi connectivity index (χ4n) is 1.74. The molecule has 0 bridgehead atoms. The maximum absolute atomic E-state index is 5.09. The average molecular weight is 329 g/mol. The van der Waals surface area contributed by atoms with E-state index in [2.05, 4.69) is 38.4 Å². The highest BCUT2D eigenvalue weighted by molar-refractivity contribution is 9.10. The van der Waals surface area contributed by atoms with Crippen molar-refractivity contribution in [2.24, 2.45) is 4.99 Å². The van der Waals surface area contributed by atoms with Crippen molar-refractivity contribution in [3.8, 4) is 0 Å². The lowest BCUT2D eigenvalue weighted by molar-refractivity contribution is 0.188. The van der Waals surface area contributed by atoms with E-state index in [1.54, 1.807) is 18.9 Å². The Morgan fingerprint density at radius 1 is 1.56 bits per heavy atom. The number of hydrogen-bond acceptors (Lipinski definition) is 3. The number of benzene rings is 1. The summed E-state index contributed by atoms with van der Waals surface area (Å²) in [5.74, 6) is 1.08.